The lowest BCUT2D eigenvalue weighted by atomic mass is 10.1. The van der Waals surface area contributed by atoms with Gasteiger partial charge < -0.3 is 30.7 Å². The topological polar surface area (TPSA) is 152 Å². The summed E-state index contributed by atoms with van der Waals surface area (Å²) in [5.41, 5.74) is 5.49. The Bertz CT molecular complexity index is 1980. The van der Waals surface area contributed by atoms with Crippen LogP contribution in [0.15, 0.2) is 102 Å². The van der Waals surface area contributed by atoms with Crippen LogP contribution in [0, 0.1) is 5.82 Å². The molecule has 4 aromatic carbocycles. The molecule has 4 N–H and O–H groups in total. The van der Waals surface area contributed by atoms with Gasteiger partial charge in [0.05, 0.1) is 25.5 Å². The number of benzene rings is 4. The minimum Gasteiger partial charge on any atom is -0.379 e. The number of carbonyl (C=O) groups excluding carboxylic acids is 2. The number of nitrogens with zero attached hydrogens (tertiary/aromatic N) is 4. The Morgan fingerprint density at radius 2 is 1.40 bits per heavy atom. The number of carbonyl (C=O) groups is 2. The molecule has 0 atom stereocenters. The molecular weight excluding hydrogens is 663 g/mol. The maximum Gasteiger partial charge on any atom is 0.251 e. The van der Waals surface area contributed by atoms with Crippen LogP contribution in [0.2, 0.25) is 0 Å². The maximum absolute atomic E-state index is 13.2. The molecule has 0 saturated carbocycles. The van der Waals surface area contributed by atoms with Crippen molar-refractivity contribution < 1.29 is 23.5 Å². The molecule has 0 saturated heterocycles. The summed E-state index contributed by atoms with van der Waals surface area (Å²) in [5, 5.41) is 12.5. The fourth-order valence-electron chi connectivity index (χ4n) is 5.25. The molecule has 0 radical (unpaired) electrons. The van der Waals surface area contributed by atoms with E-state index in [2.05, 4.69) is 41.2 Å². The highest BCUT2D eigenvalue weighted by atomic mass is 19.1. The Hall–Kier alpha value is -6.05. The SMILES string of the molecule is O=C(CCCOCCOCCNc1nc(Nc2ccc(C(=O)NCc3ccc(F)cc3)cc2)nc(Nc2ccc3c(c2)N=CC3)n1)c1ccccc1. The highest BCUT2D eigenvalue weighted by Gasteiger charge is 2.12. The minimum absolute atomic E-state index is 0.112. The fourth-order valence-corrected chi connectivity index (χ4v) is 5.25. The molecule has 0 unspecified atom stereocenters. The number of rotatable bonds is 19. The van der Waals surface area contributed by atoms with Gasteiger partial charge in [0.15, 0.2) is 5.78 Å². The molecule has 52 heavy (non-hydrogen) atoms. The molecule has 2 heterocycles. The lowest BCUT2D eigenvalue weighted by Crippen LogP contribution is -2.22. The lowest BCUT2D eigenvalue weighted by Gasteiger charge is -2.12. The van der Waals surface area contributed by atoms with Crippen molar-refractivity contribution in [2.75, 3.05) is 48.9 Å². The van der Waals surface area contributed by atoms with Crippen molar-refractivity contribution in [2.45, 2.75) is 25.8 Å². The van der Waals surface area contributed by atoms with Gasteiger partial charge in [-0.05, 0) is 66.1 Å². The largest absolute Gasteiger partial charge is 0.379 e. The number of hydrogen-bond acceptors (Lipinski definition) is 11. The molecule has 5 aromatic rings. The highest BCUT2D eigenvalue weighted by Crippen LogP contribution is 2.29. The Kier molecular flexibility index (Phi) is 12.6. The molecular formula is C39H39FN8O4. The first-order valence-electron chi connectivity index (χ1n) is 17.0. The zero-order valence-corrected chi connectivity index (χ0v) is 28.5. The van der Waals surface area contributed by atoms with E-state index in [0.717, 1.165) is 34.5 Å². The van der Waals surface area contributed by atoms with Crippen LogP contribution in [0.1, 0.15) is 44.7 Å². The summed E-state index contributed by atoms with van der Waals surface area (Å²) in [6.45, 7) is 2.42. The third kappa shape index (κ3) is 10.7. The summed E-state index contributed by atoms with van der Waals surface area (Å²) in [6.07, 6.45) is 3.78. The average Bonchev–Trinajstić information content (AvgIpc) is 3.64. The molecule has 12 nitrogen and oxygen atoms in total. The molecule has 6 rings (SSSR count). The lowest BCUT2D eigenvalue weighted by molar-refractivity contribution is 0.0497. The normalized spacial score (nSPS) is 11.6. The Morgan fingerprint density at radius 3 is 2.17 bits per heavy atom. The number of halogens is 1. The first-order valence-corrected chi connectivity index (χ1v) is 17.0. The van der Waals surface area contributed by atoms with E-state index in [0.29, 0.717) is 69.0 Å². The van der Waals surface area contributed by atoms with Crippen molar-refractivity contribution >= 4 is 52.8 Å². The molecule has 1 amide bonds. The van der Waals surface area contributed by atoms with Gasteiger partial charge in [0, 0.05) is 61.3 Å². The van der Waals surface area contributed by atoms with Gasteiger partial charge in [0.1, 0.15) is 5.82 Å². The summed E-state index contributed by atoms with van der Waals surface area (Å²) < 4.78 is 24.5. The van der Waals surface area contributed by atoms with E-state index in [1.807, 2.05) is 54.7 Å². The number of ketones is 1. The van der Waals surface area contributed by atoms with Gasteiger partial charge in [0.25, 0.3) is 5.91 Å². The zero-order valence-electron chi connectivity index (χ0n) is 28.5. The van der Waals surface area contributed by atoms with Crippen molar-refractivity contribution in [3.05, 3.63) is 125 Å². The molecule has 1 aliphatic rings. The van der Waals surface area contributed by atoms with Crippen molar-refractivity contribution in [3.63, 3.8) is 0 Å². The molecule has 0 bridgehead atoms. The third-order valence-corrected chi connectivity index (χ3v) is 7.98. The van der Waals surface area contributed by atoms with Crippen molar-refractivity contribution in [1.82, 2.24) is 20.3 Å². The number of fused-ring (bicyclic) bond motifs is 1. The number of aromatic nitrogens is 3. The van der Waals surface area contributed by atoms with Crippen LogP contribution >= 0.6 is 0 Å². The summed E-state index contributed by atoms with van der Waals surface area (Å²) in [7, 11) is 0. The number of ether oxygens (including phenoxy) is 2. The number of aliphatic imine (C=N–C) groups is 1. The van der Waals surface area contributed by atoms with Crippen molar-refractivity contribution in [3.8, 4) is 0 Å². The predicted molar refractivity (Wildman–Crippen MR) is 199 cm³/mol. The highest BCUT2D eigenvalue weighted by molar-refractivity contribution is 5.96. The van der Waals surface area contributed by atoms with E-state index in [4.69, 9.17) is 9.47 Å². The van der Waals surface area contributed by atoms with E-state index < -0.39 is 0 Å². The number of anilines is 5. The number of amides is 1. The van der Waals surface area contributed by atoms with Gasteiger partial charge in [-0.1, -0.05) is 48.5 Å². The third-order valence-electron chi connectivity index (χ3n) is 7.98. The first-order chi connectivity index (χ1) is 25.5. The van der Waals surface area contributed by atoms with Crippen LogP contribution in [0.25, 0.3) is 0 Å². The standard InChI is InChI=1S/C39H39FN8O4/c40-31-13-8-27(9-14-31)26-43-36(50)30-11-15-32(16-12-30)44-38-46-37(47-39(48-38)45-33-17-10-28-18-19-41-34(28)25-33)42-20-22-52-24-23-51-21-4-7-35(49)29-5-2-1-3-6-29/h1-3,5-6,8-17,19,25H,4,7,18,20-24,26H2,(H,43,50)(H3,42,44,45,46,47,48). The van der Waals surface area contributed by atoms with Gasteiger partial charge in [-0.2, -0.15) is 15.0 Å². The average molecular weight is 703 g/mol. The Labute approximate surface area is 301 Å². The molecule has 266 valence electrons. The van der Waals surface area contributed by atoms with E-state index >= 15 is 0 Å². The van der Waals surface area contributed by atoms with Crippen molar-refractivity contribution in [1.29, 1.82) is 0 Å². The maximum atomic E-state index is 13.2. The molecule has 0 aliphatic carbocycles. The number of hydrogen-bond donors (Lipinski definition) is 4. The minimum atomic E-state index is -0.325. The van der Waals surface area contributed by atoms with Gasteiger partial charge in [-0.3, -0.25) is 14.6 Å². The smallest absolute Gasteiger partial charge is 0.251 e. The summed E-state index contributed by atoms with van der Waals surface area (Å²) in [4.78, 5) is 43.0. The van der Waals surface area contributed by atoms with Crippen LogP contribution in [-0.2, 0) is 22.4 Å². The van der Waals surface area contributed by atoms with Gasteiger partial charge >= 0.3 is 0 Å². The van der Waals surface area contributed by atoms with Crippen LogP contribution in [-0.4, -0.2) is 65.8 Å². The van der Waals surface area contributed by atoms with Crippen LogP contribution in [0.4, 0.5) is 39.3 Å². The summed E-state index contributed by atoms with van der Waals surface area (Å²) in [6, 6.07) is 28.1. The van der Waals surface area contributed by atoms with E-state index in [1.165, 1.54) is 12.1 Å². The quantitative estimate of drug-likeness (QED) is 0.0535. The number of Topliss-reactive ketones (excluding diaryl/α,β-unsaturated/α-hetero) is 1. The monoisotopic (exact) mass is 702 g/mol. The van der Waals surface area contributed by atoms with Crippen LogP contribution in [0.5, 0.6) is 0 Å². The van der Waals surface area contributed by atoms with E-state index in [-0.39, 0.29) is 30.0 Å². The summed E-state index contributed by atoms with van der Waals surface area (Å²) >= 11 is 0. The molecule has 0 spiro atoms. The second-order valence-electron chi connectivity index (χ2n) is 11.8. The molecule has 13 heteroatoms. The van der Waals surface area contributed by atoms with Gasteiger partial charge in [-0.25, -0.2) is 4.39 Å². The fraction of sp³-hybridized carbons (Fsp3) is 0.231. The van der Waals surface area contributed by atoms with Gasteiger partial charge in [-0.15, -0.1) is 0 Å². The summed E-state index contributed by atoms with van der Waals surface area (Å²) in [5.74, 6) is 0.470. The second-order valence-corrected chi connectivity index (χ2v) is 11.8. The van der Waals surface area contributed by atoms with Crippen LogP contribution in [0.3, 0.4) is 0 Å². The zero-order chi connectivity index (χ0) is 36.0. The van der Waals surface area contributed by atoms with Crippen LogP contribution < -0.4 is 21.3 Å². The molecule has 0 fully saturated rings. The Balaban J connectivity index is 0.994. The second kappa shape index (κ2) is 18.3. The first kappa shape index (κ1) is 35.8. The predicted octanol–water partition coefficient (Wildman–Crippen LogP) is 6.79. The molecule has 1 aliphatic heterocycles. The van der Waals surface area contributed by atoms with Gasteiger partial charge in [0.2, 0.25) is 17.8 Å². The molecule has 1 aromatic heterocycles. The Morgan fingerprint density at radius 1 is 0.712 bits per heavy atom. The van der Waals surface area contributed by atoms with E-state index in [9.17, 15) is 14.0 Å². The van der Waals surface area contributed by atoms with E-state index in [1.54, 1.807) is 36.4 Å². The number of nitrogens with one attached hydrogen (secondary N) is 4. The van der Waals surface area contributed by atoms with Crippen molar-refractivity contribution in [2.24, 2.45) is 4.99 Å².